The van der Waals surface area contributed by atoms with Gasteiger partial charge in [-0.1, -0.05) is 34.5 Å². The third-order valence-electron chi connectivity index (χ3n) is 2.41. The highest BCUT2D eigenvalue weighted by atomic mass is 79.9. The molecule has 0 heterocycles. The molecule has 0 saturated heterocycles. The SMILES string of the molecule is CCC(Br)CCNC(=O)COc1ccc(Cl)cc1. The molecule has 0 aliphatic carbocycles. The fourth-order valence-electron chi connectivity index (χ4n) is 1.30. The van der Waals surface area contributed by atoms with Gasteiger partial charge in [0.2, 0.25) is 0 Å². The summed E-state index contributed by atoms with van der Waals surface area (Å²) in [6.45, 7) is 2.79. The van der Waals surface area contributed by atoms with Gasteiger partial charge < -0.3 is 10.1 Å². The summed E-state index contributed by atoms with van der Waals surface area (Å²) in [5.74, 6) is 0.530. The van der Waals surface area contributed by atoms with Crippen LogP contribution < -0.4 is 10.1 Å². The predicted molar refractivity (Wildman–Crippen MR) is 77.6 cm³/mol. The minimum Gasteiger partial charge on any atom is -0.484 e. The van der Waals surface area contributed by atoms with Gasteiger partial charge in [-0.2, -0.15) is 0 Å². The van der Waals surface area contributed by atoms with E-state index in [1.807, 2.05) is 0 Å². The van der Waals surface area contributed by atoms with E-state index in [1.54, 1.807) is 24.3 Å². The molecule has 0 spiro atoms. The van der Waals surface area contributed by atoms with E-state index >= 15 is 0 Å². The van der Waals surface area contributed by atoms with Crippen molar-refractivity contribution < 1.29 is 9.53 Å². The topological polar surface area (TPSA) is 38.3 Å². The number of benzene rings is 1. The number of carbonyl (C=O) groups is 1. The van der Waals surface area contributed by atoms with Crippen LogP contribution in [0.2, 0.25) is 5.02 Å². The first-order valence-electron chi connectivity index (χ1n) is 5.91. The molecule has 0 aliphatic rings. The van der Waals surface area contributed by atoms with E-state index in [1.165, 1.54) is 0 Å². The average Bonchev–Trinajstić information content (AvgIpc) is 2.38. The zero-order valence-electron chi connectivity index (χ0n) is 10.3. The first kappa shape index (κ1) is 15.3. The lowest BCUT2D eigenvalue weighted by molar-refractivity contribution is -0.123. The molecule has 100 valence electrons. The number of hydrogen-bond acceptors (Lipinski definition) is 2. The van der Waals surface area contributed by atoms with Gasteiger partial charge in [0.1, 0.15) is 5.75 Å². The van der Waals surface area contributed by atoms with Crippen molar-refractivity contribution in [2.75, 3.05) is 13.2 Å². The lowest BCUT2D eigenvalue weighted by Gasteiger charge is -2.09. The second kappa shape index (κ2) is 8.38. The summed E-state index contributed by atoms with van der Waals surface area (Å²) in [5, 5.41) is 3.46. The smallest absolute Gasteiger partial charge is 0.257 e. The van der Waals surface area contributed by atoms with Crippen LogP contribution in [0.3, 0.4) is 0 Å². The van der Waals surface area contributed by atoms with Gasteiger partial charge in [0, 0.05) is 16.4 Å². The molecule has 0 bridgehead atoms. The molecular weight excluding hydrogens is 318 g/mol. The summed E-state index contributed by atoms with van der Waals surface area (Å²) in [6, 6.07) is 6.93. The molecule has 0 fully saturated rings. The van der Waals surface area contributed by atoms with Crippen LogP contribution in [-0.2, 0) is 4.79 Å². The third kappa shape index (κ3) is 6.26. The summed E-state index contributed by atoms with van der Waals surface area (Å²) in [7, 11) is 0. The van der Waals surface area contributed by atoms with Crippen molar-refractivity contribution in [3.63, 3.8) is 0 Å². The van der Waals surface area contributed by atoms with E-state index in [0.29, 0.717) is 22.1 Å². The van der Waals surface area contributed by atoms with Gasteiger partial charge >= 0.3 is 0 Å². The number of halogens is 2. The highest BCUT2D eigenvalue weighted by Crippen LogP contribution is 2.15. The summed E-state index contributed by atoms with van der Waals surface area (Å²) in [6.07, 6.45) is 1.97. The number of hydrogen-bond donors (Lipinski definition) is 1. The number of rotatable bonds is 7. The standard InChI is InChI=1S/C13H17BrClNO2/c1-2-10(14)7-8-16-13(17)9-18-12-5-3-11(15)4-6-12/h3-6,10H,2,7-9H2,1H3,(H,16,17). The Kier molecular flexibility index (Phi) is 7.13. The summed E-state index contributed by atoms with van der Waals surface area (Å²) >= 11 is 9.26. The molecule has 1 atom stereocenters. The Labute approximate surface area is 121 Å². The number of amides is 1. The molecule has 1 amide bonds. The van der Waals surface area contributed by atoms with Crippen LogP contribution in [0.1, 0.15) is 19.8 Å². The summed E-state index contributed by atoms with van der Waals surface area (Å²) in [4.78, 5) is 11.9. The van der Waals surface area contributed by atoms with Crippen LogP contribution in [0.5, 0.6) is 5.75 Å². The van der Waals surface area contributed by atoms with Crippen molar-refractivity contribution in [1.82, 2.24) is 5.32 Å². The quantitative estimate of drug-likeness (QED) is 0.776. The van der Waals surface area contributed by atoms with E-state index in [2.05, 4.69) is 28.2 Å². The second-order valence-corrected chi connectivity index (χ2v) is 5.62. The molecule has 0 aliphatic heterocycles. The van der Waals surface area contributed by atoms with Gasteiger partial charge in [0.05, 0.1) is 0 Å². The fourth-order valence-corrected chi connectivity index (χ4v) is 1.66. The molecular formula is C13H17BrClNO2. The zero-order chi connectivity index (χ0) is 13.4. The number of alkyl halides is 1. The first-order chi connectivity index (χ1) is 8.61. The normalized spacial score (nSPS) is 11.9. The number of nitrogens with one attached hydrogen (secondary N) is 1. The lowest BCUT2D eigenvalue weighted by atomic mass is 10.2. The number of ether oxygens (including phenoxy) is 1. The van der Waals surface area contributed by atoms with Gasteiger partial charge in [0.25, 0.3) is 5.91 Å². The Morgan fingerprint density at radius 1 is 1.44 bits per heavy atom. The van der Waals surface area contributed by atoms with Crippen LogP contribution in [0, 0.1) is 0 Å². The van der Waals surface area contributed by atoms with Gasteiger partial charge in [-0.15, -0.1) is 0 Å². The van der Waals surface area contributed by atoms with E-state index < -0.39 is 0 Å². The van der Waals surface area contributed by atoms with Gasteiger partial charge in [-0.25, -0.2) is 0 Å². The second-order valence-electron chi connectivity index (χ2n) is 3.89. The summed E-state index contributed by atoms with van der Waals surface area (Å²) < 4.78 is 5.32. The Hall–Kier alpha value is -0.740. The molecule has 3 nitrogen and oxygen atoms in total. The first-order valence-corrected chi connectivity index (χ1v) is 7.20. The van der Waals surface area contributed by atoms with Crippen molar-refractivity contribution in [3.05, 3.63) is 29.3 Å². The van der Waals surface area contributed by atoms with Crippen molar-refractivity contribution in [1.29, 1.82) is 0 Å². The molecule has 1 aromatic carbocycles. The molecule has 1 unspecified atom stereocenters. The van der Waals surface area contributed by atoms with E-state index in [0.717, 1.165) is 12.8 Å². The Bertz CT molecular complexity index is 370. The van der Waals surface area contributed by atoms with Crippen LogP contribution in [0.4, 0.5) is 0 Å². The van der Waals surface area contributed by atoms with Crippen molar-refractivity contribution in [2.45, 2.75) is 24.6 Å². The molecule has 0 aromatic heterocycles. The van der Waals surface area contributed by atoms with Crippen LogP contribution >= 0.6 is 27.5 Å². The maximum atomic E-state index is 11.5. The predicted octanol–water partition coefficient (Wildman–Crippen LogP) is 3.40. The molecule has 1 aromatic rings. The van der Waals surface area contributed by atoms with Crippen LogP contribution in [0.15, 0.2) is 24.3 Å². The monoisotopic (exact) mass is 333 g/mol. The fraction of sp³-hybridized carbons (Fsp3) is 0.462. The molecule has 0 radical (unpaired) electrons. The highest BCUT2D eigenvalue weighted by molar-refractivity contribution is 9.09. The van der Waals surface area contributed by atoms with Crippen LogP contribution in [0.25, 0.3) is 0 Å². The highest BCUT2D eigenvalue weighted by Gasteiger charge is 2.04. The lowest BCUT2D eigenvalue weighted by Crippen LogP contribution is -2.30. The van der Waals surface area contributed by atoms with E-state index in [4.69, 9.17) is 16.3 Å². The van der Waals surface area contributed by atoms with Crippen molar-refractivity contribution in [2.24, 2.45) is 0 Å². The minimum atomic E-state index is -0.110. The maximum absolute atomic E-state index is 11.5. The Balaban J connectivity index is 2.19. The average molecular weight is 335 g/mol. The third-order valence-corrected chi connectivity index (χ3v) is 3.76. The molecule has 5 heteroatoms. The van der Waals surface area contributed by atoms with Gasteiger partial charge in [-0.3, -0.25) is 4.79 Å². The van der Waals surface area contributed by atoms with Crippen molar-refractivity contribution in [3.8, 4) is 5.75 Å². The largest absolute Gasteiger partial charge is 0.484 e. The maximum Gasteiger partial charge on any atom is 0.257 e. The molecule has 18 heavy (non-hydrogen) atoms. The molecule has 0 saturated carbocycles. The number of carbonyl (C=O) groups excluding carboxylic acids is 1. The Morgan fingerprint density at radius 2 is 2.11 bits per heavy atom. The van der Waals surface area contributed by atoms with Crippen LogP contribution in [-0.4, -0.2) is 23.9 Å². The summed E-state index contributed by atoms with van der Waals surface area (Å²) in [5.41, 5.74) is 0. The Morgan fingerprint density at radius 3 is 2.72 bits per heavy atom. The van der Waals surface area contributed by atoms with Crippen molar-refractivity contribution >= 4 is 33.4 Å². The zero-order valence-corrected chi connectivity index (χ0v) is 12.6. The van der Waals surface area contributed by atoms with E-state index in [9.17, 15) is 4.79 Å². The minimum absolute atomic E-state index is 0.0285. The molecule has 1 N–H and O–H groups in total. The van der Waals surface area contributed by atoms with E-state index in [-0.39, 0.29) is 12.5 Å². The van der Waals surface area contributed by atoms with Gasteiger partial charge in [0.15, 0.2) is 6.61 Å². The van der Waals surface area contributed by atoms with Gasteiger partial charge in [-0.05, 0) is 37.1 Å². The molecule has 1 rings (SSSR count).